The van der Waals surface area contributed by atoms with E-state index in [9.17, 15) is 18.0 Å². The Morgan fingerprint density at radius 3 is 2.21 bits per heavy atom. The highest BCUT2D eigenvalue weighted by molar-refractivity contribution is 9.10. The number of rotatable bonds is 13. The summed E-state index contributed by atoms with van der Waals surface area (Å²) in [6.45, 7) is 4.19. The molecule has 8 nitrogen and oxygen atoms in total. The van der Waals surface area contributed by atoms with Crippen molar-refractivity contribution >= 4 is 43.5 Å². The van der Waals surface area contributed by atoms with Crippen LogP contribution in [0.4, 0.5) is 5.69 Å². The predicted molar refractivity (Wildman–Crippen MR) is 157 cm³/mol. The SMILES string of the molecule is CCNC(=O)C(Cc1ccccc1)N(Cc1cccc(Br)c1)C(=O)CN(c1ccc(OCC)cc1)S(C)(=O)=O. The van der Waals surface area contributed by atoms with Gasteiger partial charge < -0.3 is 15.0 Å². The fourth-order valence-electron chi connectivity index (χ4n) is 4.17. The lowest BCUT2D eigenvalue weighted by atomic mass is 10.0. The van der Waals surface area contributed by atoms with Gasteiger partial charge in [-0.1, -0.05) is 58.4 Å². The molecular formula is C29H34BrN3O5S. The molecule has 1 N–H and O–H groups in total. The van der Waals surface area contributed by atoms with Crippen molar-refractivity contribution in [1.29, 1.82) is 0 Å². The number of halogens is 1. The van der Waals surface area contributed by atoms with E-state index in [4.69, 9.17) is 4.74 Å². The minimum atomic E-state index is -3.83. The van der Waals surface area contributed by atoms with Crippen molar-refractivity contribution in [3.8, 4) is 5.75 Å². The summed E-state index contributed by atoms with van der Waals surface area (Å²) in [5.74, 6) is -0.213. The highest BCUT2D eigenvalue weighted by atomic mass is 79.9. The van der Waals surface area contributed by atoms with Gasteiger partial charge in [0.25, 0.3) is 0 Å². The molecule has 3 rings (SSSR count). The Bertz CT molecular complexity index is 1350. The van der Waals surface area contributed by atoms with Crippen molar-refractivity contribution < 1.29 is 22.7 Å². The monoisotopic (exact) mass is 615 g/mol. The van der Waals surface area contributed by atoms with Crippen molar-refractivity contribution in [2.24, 2.45) is 0 Å². The average molecular weight is 617 g/mol. The lowest BCUT2D eigenvalue weighted by Gasteiger charge is -2.33. The molecule has 0 saturated heterocycles. The van der Waals surface area contributed by atoms with Crippen LogP contribution in [0.25, 0.3) is 0 Å². The summed E-state index contributed by atoms with van der Waals surface area (Å²) in [5.41, 5.74) is 2.01. The molecule has 3 aromatic carbocycles. The van der Waals surface area contributed by atoms with E-state index in [1.54, 1.807) is 24.3 Å². The van der Waals surface area contributed by atoms with Gasteiger partial charge in [0.1, 0.15) is 18.3 Å². The number of hydrogen-bond acceptors (Lipinski definition) is 5. The highest BCUT2D eigenvalue weighted by Gasteiger charge is 2.32. The zero-order chi connectivity index (χ0) is 28.4. The number of carbonyl (C=O) groups is 2. The molecule has 208 valence electrons. The summed E-state index contributed by atoms with van der Waals surface area (Å²) < 4.78 is 33.0. The van der Waals surface area contributed by atoms with E-state index in [1.807, 2.05) is 68.4 Å². The van der Waals surface area contributed by atoms with E-state index < -0.39 is 28.5 Å². The standard InChI is InChI=1S/C29H34BrN3O5S/c1-4-31-29(35)27(19-22-10-7-6-8-11-22)32(20-23-12-9-13-24(30)18-23)28(34)21-33(39(3,36)37)25-14-16-26(17-15-25)38-5-2/h6-18,27H,4-5,19-21H2,1-3H3,(H,31,35). The van der Waals surface area contributed by atoms with Crippen molar-refractivity contribution in [1.82, 2.24) is 10.2 Å². The molecule has 0 heterocycles. The van der Waals surface area contributed by atoms with E-state index in [0.717, 1.165) is 26.2 Å². The molecule has 0 fully saturated rings. The molecule has 0 aliphatic rings. The summed E-state index contributed by atoms with van der Waals surface area (Å²) in [4.78, 5) is 28.8. The fraction of sp³-hybridized carbons (Fsp3) is 0.310. The number of anilines is 1. The molecule has 0 bridgehead atoms. The molecule has 1 unspecified atom stereocenters. The number of amides is 2. The Hall–Kier alpha value is -3.37. The van der Waals surface area contributed by atoms with Gasteiger partial charge in [0.2, 0.25) is 21.8 Å². The molecule has 39 heavy (non-hydrogen) atoms. The summed E-state index contributed by atoms with van der Waals surface area (Å²) >= 11 is 3.47. The largest absolute Gasteiger partial charge is 0.494 e. The Morgan fingerprint density at radius 1 is 0.949 bits per heavy atom. The first-order valence-electron chi connectivity index (χ1n) is 12.7. The van der Waals surface area contributed by atoms with E-state index in [2.05, 4.69) is 21.2 Å². The van der Waals surface area contributed by atoms with Gasteiger partial charge in [0.05, 0.1) is 18.6 Å². The first-order chi connectivity index (χ1) is 18.6. The van der Waals surface area contributed by atoms with Crippen molar-refractivity contribution in [2.75, 3.05) is 30.3 Å². The Balaban J connectivity index is 2.01. The minimum Gasteiger partial charge on any atom is -0.494 e. The van der Waals surface area contributed by atoms with Gasteiger partial charge in [-0.25, -0.2) is 8.42 Å². The normalized spacial score (nSPS) is 11.9. The van der Waals surface area contributed by atoms with E-state index in [-0.39, 0.29) is 18.9 Å². The smallest absolute Gasteiger partial charge is 0.244 e. The second-order valence-electron chi connectivity index (χ2n) is 8.95. The van der Waals surface area contributed by atoms with Crippen molar-refractivity contribution in [3.05, 3.63) is 94.5 Å². The summed E-state index contributed by atoms with van der Waals surface area (Å²) in [5, 5.41) is 2.84. The van der Waals surface area contributed by atoms with Crippen LogP contribution in [0, 0.1) is 0 Å². The van der Waals surface area contributed by atoms with Gasteiger partial charge in [-0.2, -0.15) is 0 Å². The number of sulfonamides is 1. The van der Waals surface area contributed by atoms with Crippen molar-refractivity contribution in [2.45, 2.75) is 32.9 Å². The van der Waals surface area contributed by atoms with E-state index in [0.29, 0.717) is 24.6 Å². The van der Waals surface area contributed by atoms with Gasteiger partial charge in [-0.05, 0) is 61.4 Å². The maximum atomic E-state index is 14.0. The molecule has 2 amide bonds. The molecule has 10 heteroatoms. The maximum absolute atomic E-state index is 14.0. The minimum absolute atomic E-state index is 0.119. The summed E-state index contributed by atoms with van der Waals surface area (Å²) in [6, 6.07) is 22.6. The van der Waals surface area contributed by atoms with Crippen LogP contribution >= 0.6 is 15.9 Å². The molecule has 3 aromatic rings. The lowest BCUT2D eigenvalue weighted by molar-refractivity contribution is -0.140. The Labute approximate surface area is 239 Å². The second-order valence-corrected chi connectivity index (χ2v) is 11.8. The molecule has 1 atom stereocenters. The first-order valence-corrected chi connectivity index (χ1v) is 15.3. The average Bonchev–Trinajstić information content (AvgIpc) is 2.90. The van der Waals surface area contributed by atoms with Crippen LogP contribution in [0.15, 0.2) is 83.3 Å². The molecule has 0 aliphatic carbocycles. The zero-order valence-electron chi connectivity index (χ0n) is 22.3. The van der Waals surface area contributed by atoms with Crippen LogP contribution in [0.5, 0.6) is 5.75 Å². The summed E-state index contributed by atoms with van der Waals surface area (Å²) in [6.07, 6.45) is 1.33. The van der Waals surface area contributed by atoms with Crippen LogP contribution < -0.4 is 14.4 Å². The third-order valence-corrected chi connectivity index (χ3v) is 7.61. The third kappa shape index (κ3) is 8.83. The first kappa shape index (κ1) is 30.2. The topological polar surface area (TPSA) is 96.0 Å². The number of likely N-dealkylation sites (N-methyl/N-ethyl adjacent to an activating group) is 1. The van der Waals surface area contributed by atoms with Gasteiger partial charge in [0.15, 0.2) is 0 Å². The molecule has 0 spiro atoms. The number of hydrogen-bond donors (Lipinski definition) is 1. The second kappa shape index (κ2) is 14.1. The van der Waals surface area contributed by atoms with Crippen LogP contribution in [-0.2, 0) is 32.6 Å². The molecule has 0 aromatic heterocycles. The van der Waals surface area contributed by atoms with E-state index >= 15 is 0 Å². The van der Waals surface area contributed by atoms with Gasteiger partial charge in [0, 0.05) is 24.0 Å². The van der Waals surface area contributed by atoms with Crippen LogP contribution in [-0.4, -0.2) is 57.1 Å². The Morgan fingerprint density at radius 2 is 1.62 bits per heavy atom. The Kier molecular flexibility index (Phi) is 10.9. The summed E-state index contributed by atoms with van der Waals surface area (Å²) in [7, 11) is -3.83. The molecule has 0 radical (unpaired) electrons. The highest BCUT2D eigenvalue weighted by Crippen LogP contribution is 2.23. The van der Waals surface area contributed by atoms with E-state index in [1.165, 1.54) is 4.90 Å². The number of benzene rings is 3. The van der Waals surface area contributed by atoms with Gasteiger partial charge in [-0.15, -0.1) is 0 Å². The third-order valence-electron chi connectivity index (χ3n) is 5.98. The lowest BCUT2D eigenvalue weighted by Crippen LogP contribution is -2.53. The van der Waals surface area contributed by atoms with Crippen LogP contribution in [0.1, 0.15) is 25.0 Å². The van der Waals surface area contributed by atoms with Crippen molar-refractivity contribution in [3.63, 3.8) is 0 Å². The van der Waals surface area contributed by atoms with Gasteiger partial charge >= 0.3 is 0 Å². The van der Waals surface area contributed by atoms with Gasteiger partial charge in [-0.3, -0.25) is 13.9 Å². The molecule has 0 aliphatic heterocycles. The number of nitrogens with zero attached hydrogens (tertiary/aromatic N) is 2. The molecule has 0 saturated carbocycles. The predicted octanol–water partition coefficient (Wildman–Crippen LogP) is 4.39. The quantitative estimate of drug-likeness (QED) is 0.308. The maximum Gasteiger partial charge on any atom is 0.244 e. The van der Waals surface area contributed by atoms with Crippen LogP contribution in [0.2, 0.25) is 0 Å². The fourth-order valence-corrected chi connectivity index (χ4v) is 5.46. The number of nitrogens with one attached hydrogen (secondary N) is 1. The van der Waals surface area contributed by atoms with Crippen LogP contribution in [0.3, 0.4) is 0 Å². The molecular weight excluding hydrogens is 582 g/mol. The number of ether oxygens (including phenoxy) is 1. The number of carbonyl (C=O) groups excluding carboxylic acids is 2. The zero-order valence-corrected chi connectivity index (χ0v) is 24.7.